The average molecular weight is 324 g/mol. The molecule has 0 atom stereocenters. The highest BCUT2D eigenvalue weighted by Gasteiger charge is 2.27. The molecule has 1 aromatic carbocycles. The molecule has 0 bridgehead atoms. The Morgan fingerprint density at radius 3 is 2.79 bits per heavy atom. The molecule has 0 fully saturated rings. The summed E-state index contributed by atoms with van der Waals surface area (Å²) in [7, 11) is 1.72. The van der Waals surface area contributed by atoms with Crippen LogP contribution in [-0.2, 0) is 30.5 Å². The summed E-state index contributed by atoms with van der Waals surface area (Å²) >= 11 is 0. The number of aromatic amines is 1. The molecular weight excluding hydrogens is 300 g/mol. The topological polar surface area (TPSA) is 54.1 Å². The molecule has 2 aliphatic rings. The lowest BCUT2D eigenvalue weighted by Gasteiger charge is -2.18. The summed E-state index contributed by atoms with van der Waals surface area (Å²) in [5, 5.41) is 3.44. The molecule has 0 saturated heterocycles. The number of rotatable bonds is 5. The molecule has 24 heavy (non-hydrogen) atoms. The van der Waals surface area contributed by atoms with Gasteiger partial charge in [-0.15, -0.1) is 0 Å². The van der Waals surface area contributed by atoms with E-state index in [9.17, 15) is 4.79 Å². The number of fused-ring (bicyclic) bond motifs is 5. The Morgan fingerprint density at radius 1 is 1.12 bits per heavy atom. The maximum Gasteiger partial charge on any atom is 0.251 e. The van der Waals surface area contributed by atoms with Crippen LogP contribution in [0, 0.1) is 0 Å². The predicted molar refractivity (Wildman–Crippen MR) is 95.5 cm³/mol. The number of nitrogens with one attached hydrogen (secondary N) is 2. The first-order chi connectivity index (χ1) is 11.8. The van der Waals surface area contributed by atoms with Crippen LogP contribution in [0.5, 0.6) is 0 Å². The van der Waals surface area contributed by atoms with Gasteiger partial charge in [0.2, 0.25) is 0 Å². The third-order valence-corrected chi connectivity index (χ3v) is 5.34. The Kier molecular flexibility index (Phi) is 4.25. The van der Waals surface area contributed by atoms with Crippen LogP contribution in [0.15, 0.2) is 23.0 Å². The van der Waals surface area contributed by atoms with Gasteiger partial charge in [-0.2, -0.15) is 0 Å². The Bertz CT molecular complexity index is 823. The van der Waals surface area contributed by atoms with Gasteiger partial charge in [-0.25, -0.2) is 0 Å². The zero-order valence-corrected chi connectivity index (χ0v) is 14.2. The third-order valence-electron chi connectivity index (χ3n) is 5.34. The van der Waals surface area contributed by atoms with Crippen molar-refractivity contribution in [3.8, 4) is 11.3 Å². The summed E-state index contributed by atoms with van der Waals surface area (Å²) in [4.78, 5) is 15.7. The molecule has 0 unspecified atom stereocenters. The molecule has 4 nitrogen and oxygen atoms in total. The molecule has 0 spiro atoms. The van der Waals surface area contributed by atoms with Gasteiger partial charge in [0, 0.05) is 37.7 Å². The van der Waals surface area contributed by atoms with E-state index in [1.165, 1.54) is 34.2 Å². The molecule has 0 amide bonds. The van der Waals surface area contributed by atoms with Crippen molar-refractivity contribution in [1.82, 2.24) is 10.3 Å². The molecule has 4 heteroatoms. The van der Waals surface area contributed by atoms with E-state index in [0.29, 0.717) is 0 Å². The number of aromatic nitrogens is 1. The summed E-state index contributed by atoms with van der Waals surface area (Å²) in [5.74, 6) is 0. The van der Waals surface area contributed by atoms with Crippen molar-refractivity contribution in [3.63, 3.8) is 0 Å². The van der Waals surface area contributed by atoms with E-state index in [4.69, 9.17) is 4.74 Å². The summed E-state index contributed by atoms with van der Waals surface area (Å²) < 4.78 is 5.10. The number of hydrogen-bond donors (Lipinski definition) is 2. The first-order valence-electron chi connectivity index (χ1n) is 8.87. The van der Waals surface area contributed by atoms with Crippen LogP contribution in [0.25, 0.3) is 11.3 Å². The number of methoxy groups -OCH3 is 1. The Labute approximate surface area is 142 Å². The van der Waals surface area contributed by atoms with Crippen LogP contribution in [0.1, 0.15) is 40.7 Å². The van der Waals surface area contributed by atoms with E-state index in [1.54, 1.807) is 7.11 Å². The molecule has 126 valence electrons. The van der Waals surface area contributed by atoms with Crippen molar-refractivity contribution in [1.29, 1.82) is 0 Å². The maximum atomic E-state index is 12.5. The van der Waals surface area contributed by atoms with Crippen molar-refractivity contribution in [2.45, 2.75) is 38.6 Å². The molecule has 1 heterocycles. The van der Waals surface area contributed by atoms with Crippen molar-refractivity contribution in [3.05, 3.63) is 56.4 Å². The van der Waals surface area contributed by atoms with Gasteiger partial charge in [0.25, 0.3) is 5.56 Å². The highest BCUT2D eigenvalue weighted by molar-refractivity contribution is 5.76. The standard InChI is InChI=1S/C20H24N2O2/c1-24-10-9-21-12-13-5-4-8-15-17(13)11-18-14-6-2-3-7-16(14)20(23)22-19(15)18/h4-5,8,21H,2-3,6-7,9-12H2,1H3,(H,22,23). The number of H-pyrrole nitrogens is 1. The fraction of sp³-hybridized carbons (Fsp3) is 0.450. The normalized spacial score (nSPS) is 15.0. The van der Waals surface area contributed by atoms with E-state index in [0.717, 1.165) is 56.6 Å². The van der Waals surface area contributed by atoms with Gasteiger partial charge in [-0.05, 0) is 47.9 Å². The lowest BCUT2D eigenvalue weighted by molar-refractivity contribution is 0.199. The van der Waals surface area contributed by atoms with Gasteiger partial charge >= 0.3 is 0 Å². The molecule has 1 aromatic heterocycles. The molecule has 0 saturated carbocycles. The van der Waals surface area contributed by atoms with Crippen LogP contribution in [-0.4, -0.2) is 25.2 Å². The monoisotopic (exact) mass is 324 g/mol. The number of hydrogen-bond acceptors (Lipinski definition) is 3. The van der Waals surface area contributed by atoms with E-state index in [2.05, 4.69) is 28.5 Å². The largest absolute Gasteiger partial charge is 0.383 e. The second-order valence-corrected chi connectivity index (χ2v) is 6.76. The van der Waals surface area contributed by atoms with Gasteiger partial charge in [0.1, 0.15) is 0 Å². The summed E-state index contributed by atoms with van der Waals surface area (Å²) in [6.07, 6.45) is 5.27. The molecule has 0 radical (unpaired) electrons. The Morgan fingerprint density at radius 2 is 1.96 bits per heavy atom. The number of pyridine rings is 1. The molecule has 2 aliphatic carbocycles. The minimum atomic E-state index is 0.125. The minimum Gasteiger partial charge on any atom is -0.383 e. The Balaban J connectivity index is 1.70. The quantitative estimate of drug-likeness (QED) is 0.709. The first kappa shape index (κ1) is 15.6. The zero-order chi connectivity index (χ0) is 16.5. The molecular formula is C20H24N2O2. The molecule has 0 aliphatic heterocycles. The lowest BCUT2D eigenvalue weighted by Crippen LogP contribution is -2.21. The lowest BCUT2D eigenvalue weighted by atomic mass is 9.88. The van der Waals surface area contributed by atoms with E-state index < -0.39 is 0 Å². The van der Waals surface area contributed by atoms with Gasteiger partial charge in [0.15, 0.2) is 0 Å². The predicted octanol–water partition coefficient (Wildman–Crippen LogP) is 2.56. The summed E-state index contributed by atoms with van der Waals surface area (Å²) in [6.45, 7) is 2.41. The van der Waals surface area contributed by atoms with Gasteiger partial charge in [-0.1, -0.05) is 18.2 Å². The second-order valence-electron chi connectivity index (χ2n) is 6.76. The minimum absolute atomic E-state index is 0.125. The van der Waals surface area contributed by atoms with Crippen LogP contribution in [0.3, 0.4) is 0 Å². The maximum absolute atomic E-state index is 12.5. The van der Waals surface area contributed by atoms with Crippen LogP contribution < -0.4 is 10.9 Å². The fourth-order valence-corrected chi connectivity index (χ4v) is 4.15. The summed E-state index contributed by atoms with van der Waals surface area (Å²) in [5.41, 5.74) is 8.82. The van der Waals surface area contributed by atoms with Crippen LogP contribution >= 0.6 is 0 Å². The number of ether oxygens (including phenoxy) is 1. The van der Waals surface area contributed by atoms with Crippen LogP contribution in [0.4, 0.5) is 0 Å². The van der Waals surface area contributed by atoms with Crippen LogP contribution in [0.2, 0.25) is 0 Å². The van der Waals surface area contributed by atoms with Gasteiger partial charge in [0.05, 0.1) is 12.3 Å². The smallest absolute Gasteiger partial charge is 0.251 e. The Hall–Kier alpha value is -1.91. The highest BCUT2D eigenvalue weighted by Crippen LogP contribution is 2.40. The molecule has 2 aromatic rings. The SMILES string of the molecule is COCCNCc1cccc2c1Cc1c-2[nH]c(=O)c2c1CCCC2. The molecule has 4 rings (SSSR count). The van der Waals surface area contributed by atoms with Crippen molar-refractivity contribution in [2.75, 3.05) is 20.3 Å². The second kappa shape index (κ2) is 6.54. The third kappa shape index (κ3) is 2.60. The summed E-state index contributed by atoms with van der Waals surface area (Å²) in [6, 6.07) is 6.43. The van der Waals surface area contributed by atoms with Crippen molar-refractivity contribution >= 4 is 0 Å². The van der Waals surface area contributed by atoms with E-state index in [-0.39, 0.29) is 5.56 Å². The van der Waals surface area contributed by atoms with Gasteiger partial charge < -0.3 is 15.0 Å². The highest BCUT2D eigenvalue weighted by atomic mass is 16.5. The number of benzene rings is 1. The van der Waals surface area contributed by atoms with Crippen molar-refractivity contribution < 1.29 is 4.74 Å². The van der Waals surface area contributed by atoms with Crippen molar-refractivity contribution in [2.24, 2.45) is 0 Å². The van der Waals surface area contributed by atoms with E-state index in [1.807, 2.05) is 0 Å². The first-order valence-corrected chi connectivity index (χ1v) is 8.87. The average Bonchev–Trinajstić information content (AvgIpc) is 2.99. The zero-order valence-electron chi connectivity index (χ0n) is 14.2. The fourth-order valence-electron chi connectivity index (χ4n) is 4.15. The molecule has 2 N–H and O–H groups in total. The van der Waals surface area contributed by atoms with Gasteiger partial charge in [-0.3, -0.25) is 4.79 Å². The van der Waals surface area contributed by atoms with E-state index >= 15 is 0 Å².